The van der Waals surface area contributed by atoms with Crippen LogP contribution in [-0.2, 0) is 7.05 Å². The molecular formula is C40H43N2+. The van der Waals surface area contributed by atoms with Crippen LogP contribution in [0.5, 0.6) is 0 Å². The fourth-order valence-electron chi connectivity index (χ4n) is 7.66. The number of aromatic nitrogens is 2. The minimum absolute atomic E-state index is 0.418. The first-order valence-electron chi connectivity index (χ1n) is 15.7. The van der Waals surface area contributed by atoms with Crippen molar-refractivity contribution in [1.29, 1.82) is 0 Å². The van der Waals surface area contributed by atoms with Gasteiger partial charge in [-0.3, -0.25) is 0 Å². The van der Waals surface area contributed by atoms with E-state index in [0.29, 0.717) is 17.8 Å². The normalized spacial score (nSPS) is 12.7. The number of nitrogens with zero attached hydrogens (tertiary/aromatic N) is 2. The van der Waals surface area contributed by atoms with E-state index in [0.717, 1.165) is 0 Å². The van der Waals surface area contributed by atoms with Gasteiger partial charge in [0.1, 0.15) is 7.05 Å². The van der Waals surface area contributed by atoms with Crippen LogP contribution in [0.3, 0.4) is 0 Å². The molecule has 0 aliphatic carbocycles. The Hall–Kier alpha value is -3.91. The summed E-state index contributed by atoms with van der Waals surface area (Å²) in [6, 6.07) is 21.3. The minimum atomic E-state index is 0.418. The first-order chi connectivity index (χ1) is 20.0. The molecule has 2 nitrogen and oxygen atoms in total. The van der Waals surface area contributed by atoms with Gasteiger partial charge in [0.05, 0.1) is 27.3 Å². The number of pyridine rings is 2. The number of hydrogen-bond donors (Lipinski definition) is 0. The van der Waals surface area contributed by atoms with Gasteiger partial charge in [0.15, 0.2) is 6.20 Å². The third kappa shape index (κ3) is 3.54. The zero-order valence-corrected chi connectivity index (χ0v) is 26.9. The molecule has 3 aromatic heterocycles. The fourth-order valence-corrected chi connectivity index (χ4v) is 7.66. The van der Waals surface area contributed by atoms with E-state index >= 15 is 0 Å². The van der Waals surface area contributed by atoms with Crippen LogP contribution >= 0.6 is 0 Å². The van der Waals surface area contributed by atoms with Crippen molar-refractivity contribution in [2.75, 3.05) is 0 Å². The molecule has 212 valence electrons. The summed E-state index contributed by atoms with van der Waals surface area (Å²) < 4.78 is 4.96. The van der Waals surface area contributed by atoms with Gasteiger partial charge in [0.25, 0.3) is 0 Å². The molecule has 4 aromatic carbocycles. The number of benzene rings is 4. The molecule has 42 heavy (non-hydrogen) atoms. The van der Waals surface area contributed by atoms with E-state index in [9.17, 15) is 0 Å². The second-order valence-electron chi connectivity index (χ2n) is 13.6. The summed E-state index contributed by atoms with van der Waals surface area (Å²) in [6.45, 7) is 20.9. The van der Waals surface area contributed by atoms with Crippen LogP contribution < -0.4 is 4.57 Å². The first-order valence-corrected chi connectivity index (χ1v) is 15.7. The lowest BCUT2D eigenvalue weighted by Crippen LogP contribution is -2.29. The van der Waals surface area contributed by atoms with Crippen molar-refractivity contribution in [3.8, 4) is 11.1 Å². The van der Waals surface area contributed by atoms with Crippen molar-refractivity contribution in [1.82, 2.24) is 4.40 Å². The van der Waals surface area contributed by atoms with Gasteiger partial charge in [0, 0.05) is 16.8 Å². The van der Waals surface area contributed by atoms with E-state index in [4.69, 9.17) is 0 Å². The van der Waals surface area contributed by atoms with Crippen molar-refractivity contribution in [2.45, 2.75) is 80.1 Å². The quantitative estimate of drug-likeness (QED) is 0.117. The molecule has 0 saturated carbocycles. The monoisotopic (exact) mass is 551 g/mol. The highest BCUT2D eigenvalue weighted by Gasteiger charge is 2.29. The number of aryl methyl sites for hydroxylation is 4. The maximum atomic E-state index is 2.60. The van der Waals surface area contributed by atoms with Gasteiger partial charge in [0.2, 0.25) is 5.52 Å². The average molecular weight is 552 g/mol. The van der Waals surface area contributed by atoms with Crippen molar-refractivity contribution in [2.24, 2.45) is 7.05 Å². The molecule has 0 bridgehead atoms. The fraction of sp³-hybridized carbons (Fsp3) is 0.325. The highest BCUT2D eigenvalue weighted by molar-refractivity contribution is 6.31. The van der Waals surface area contributed by atoms with Crippen molar-refractivity contribution < 1.29 is 4.57 Å². The number of fused-ring (bicyclic) bond motifs is 6. The molecule has 0 aliphatic heterocycles. The van der Waals surface area contributed by atoms with Gasteiger partial charge in [-0.05, 0) is 101 Å². The smallest absolute Gasteiger partial charge is 0.224 e. The molecule has 0 fully saturated rings. The summed E-state index contributed by atoms with van der Waals surface area (Å²) in [7, 11) is 2.21. The van der Waals surface area contributed by atoms with Gasteiger partial charge >= 0.3 is 0 Å². The third-order valence-corrected chi connectivity index (χ3v) is 9.91. The van der Waals surface area contributed by atoms with Gasteiger partial charge < -0.3 is 4.40 Å². The Labute approximate surface area is 249 Å². The van der Waals surface area contributed by atoms with E-state index in [1.165, 1.54) is 93.5 Å². The van der Waals surface area contributed by atoms with Crippen molar-refractivity contribution in [3.05, 3.63) is 94.2 Å². The predicted molar refractivity (Wildman–Crippen MR) is 182 cm³/mol. The van der Waals surface area contributed by atoms with Gasteiger partial charge in [-0.2, -0.15) is 0 Å². The number of para-hydroxylation sites is 1. The van der Waals surface area contributed by atoms with Gasteiger partial charge in [-0.1, -0.05) is 77.9 Å². The lowest BCUT2D eigenvalue weighted by molar-refractivity contribution is -0.643. The van der Waals surface area contributed by atoms with Crippen LogP contribution in [0.25, 0.3) is 60.1 Å². The molecule has 0 atom stereocenters. The summed E-state index contributed by atoms with van der Waals surface area (Å²) in [4.78, 5) is 0. The standard InChI is InChI=1S/C40H43N2/c1-21(2)28-19-30(22(3)4)36(31(20-28)23(5)6)32-18-27-15-16-41(10)39-34-26(9)24(7)17-25(8)38(34)42-33-14-12-11-13-29(33)37(32)40(42)35(27)39/h11-23H,1-10H3/q+1. The zero-order chi connectivity index (χ0) is 29.8. The highest BCUT2D eigenvalue weighted by Crippen LogP contribution is 2.49. The Morgan fingerprint density at radius 3 is 1.98 bits per heavy atom. The molecule has 0 unspecified atom stereocenters. The molecule has 0 spiro atoms. The van der Waals surface area contributed by atoms with E-state index in [2.05, 4.69) is 139 Å². The Kier molecular flexibility index (Phi) is 5.97. The topological polar surface area (TPSA) is 8.29 Å². The van der Waals surface area contributed by atoms with E-state index in [-0.39, 0.29) is 0 Å². The van der Waals surface area contributed by atoms with E-state index in [1.54, 1.807) is 0 Å². The molecule has 2 heteroatoms. The van der Waals surface area contributed by atoms with Gasteiger partial charge in [-0.25, -0.2) is 4.57 Å². The molecule has 7 rings (SSSR count). The summed E-state index contributed by atoms with van der Waals surface area (Å²) >= 11 is 0. The van der Waals surface area contributed by atoms with Crippen LogP contribution in [0.4, 0.5) is 0 Å². The summed E-state index contributed by atoms with van der Waals surface area (Å²) in [6.07, 6.45) is 2.26. The molecule has 0 amide bonds. The Morgan fingerprint density at radius 2 is 1.33 bits per heavy atom. The third-order valence-electron chi connectivity index (χ3n) is 9.91. The molecule has 0 aliphatic rings. The van der Waals surface area contributed by atoms with E-state index < -0.39 is 0 Å². The van der Waals surface area contributed by atoms with Crippen molar-refractivity contribution >= 4 is 49.0 Å². The molecule has 3 heterocycles. The van der Waals surface area contributed by atoms with Crippen LogP contribution in [-0.4, -0.2) is 4.40 Å². The average Bonchev–Trinajstić information content (AvgIpc) is 3.30. The molecule has 0 radical (unpaired) electrons. The minimum Gasteiger partial charge on any atom is -0.307 e. The summed E-state index contributed by atoms with van der Waals surface area (Å²) in [5.41, 5.74) is 16.5. The predicted octanol–water partition coefficient (Wildman–Crippen LogP) is 10.8. The van der Waals surface area contributed by atoms with Crippen molar-refractivity contribution in [3.63, 3.8) is 0 Å². The second kappa shape index (κ2) is 9.30. The van der Waals surface area contributed by atoms with Crippen LogP contribution in [0.1, 0.15) is 92.7 Å². The Bertz CT molecular complexity index is 2180. The van der Waals surface area contributed by atoms with Crippen LogP contribution in [0.2, 0.25) is 0 Å². The Balaban J connectivity index is 1.84. The van der Waals surface area contributed by atoms with Crippen LogP contribution in [0, 0.1) is 20.8 Å². The second-order valence-corrected chi connectivity index (χ2v) is 13.6. The summed E-state index contributed by atoms with van der Waals surface area (Å²) in [5.74, 6) is 1.33. The van der Waals surface area contributed by atoms with E-state index in [1.807, 2.05) is 0 Å². The highest BCUT2D eigenvalue weighted by atomic mass is 15.0. The molecular weight excluding hydrogens is 508 g/mol. The Morgan fingerprint density at radius 1 is 0.667 bits per heavy atom. The lowest BCUT2D eigenvalue weighted by Gasteiger charge is -2.24. The SMILES string of the molecule is Cc1cc(C)c2c(c1C)c1c3c(cc[n+]1C)cc(-c1c(C(C)C)cc(C(C)C)cc1C(C)C)c1c4ccccc4n2c13. The first kappa shape index (κ1) is 27.0. The molecule has 0 N–H and O–H groups in total. The molecule has 0 saturated heterocycles. The summed E-state index contributed by atoms with van der Waals surface area (Å²) in [5, 5.41) is 6.78. The van der Waals surface area contributed by atoms with Gasteiger partial charge in [-0.15, -0.1) is 0 Å². The zero-order valence-electron chi connectivity index (χ0n) is 26.9. The number of hydrogen-bond acceptors (Lipinski definition) is 0. The lowest BCUT2D eigenvalue weighted by atomic mass is 9.80. The number of rotatable bonds is 4. The maximum absolute atomic E-state index is 2.60. The maximum Gasteiger partial charge on any atom is 0.224 e. The van der Waals surface area contributed by atoms with Crippen LogP contribution in [0.15, 0.2) is 60.8 Å². The largest absolute Gasteiger partial charge is 0.307 e. The molecule has 7 aromatic rings.